The molecule has 3 rings (SSSR count). The van der Waals surface area contributed by atoms with Gasteiger partial charge < -0.3 is 9.80 Å². The average molecular weight is 446 g/mol. The van der Waals surface area contributed by atoms with Crippen LogP contribution in [0.3, 0.4) is 0 Å². The molecule has 0 aromatic carbocycles. The number of nitriles is 1. The Hall–Kier alpha value is -2.15. The number of hydrogen-bond acceptors (Lipinski definition) is 7. The van der Waals surface area contributed by atoms with Gasteiger partial charge in [-0.1, -0.05) is 30.9 Å². The largest absolute Gasteiger partial charge is 0.355 e. The topological polar surface area (TPSA) is 72.6 Å². The van der Waals surface area contributed by atoms with Crippen molar-refractivity contribution in [1.29, 1.82) is 5.26 Å². The third kappa shape index (κ3) is 3.92. The Morgan fingerprint density at radius 1 is 1.23 bits per heavy atom. The molecule has 1 aromatic rings. The molecule has 0 spiro atoms. The van der Waals surface area contributed by atoms with Crippen LogP contribution in [0.25, 0.3) is 6.08 Å². The third-order valence-corrected chi connectivity index (χ3v) is 7.03. The van der Waals surface area contributed by atoms with E-state index in [1.54, 1.807) is 29.5 Å². The molecule has 7 nitrogen and oxygen atoms in total. The van der Waals surface area contributed by atoms with E-state index >= 15 is 0 Å². The number of carbonyl (C=O) groups is 1. The fourth-order valence-corrected chi connectivity index (χ4v) is 5.43. The molecule has 1 amide bonds. The zero-order chi connectivity index (χ0) is 22.2. The van der Waals surface area contributed by atoms with Gasteiger partial charge in [-0.15, -0.1) is 0 Å². The second-order valence-electron chi connectivity index (χ2n) is 7.78. The minimum atomic E-state index is -0.310. The highest BCUT2D eigenvalue weighted by molar-refractivity contribution is 8.26. The number of carbonyl (C=O) groups excluding carboxylic acids is 1. The van der Waals surface area contributed by atoms with Crippen molar-refractivity contribution >= 4 is 46.1 Å². The summed E-state index contributed by atoms with van der Waals surface area (Å²) in [5, 5.41) is 9.58. The normalized spacial score (nSPS) is 19.3. The predicted octanol–water partition coefficient (Wildman–Crippen LogP) is 2.32. The van der Waals surface area contributed by atoms with Gasteiger partial charge in [0.2, 0.25) is 0 Å². The van der Waals surface area contributed by atoms with Crippen LogP contribution in [-0.4, -0.2) is 63.4 Å². The quantitative estimate of drug-likeness (QED) is 0.520. The summed E-state index contributed by atoms with van der Waals surface area (Å²) < 4.78 is 2.07. The third-order valence-electron chi connectivity index (χ3n) is 5.70. The Labute approximate surface area is 186 Å². The number of aromatic nitrogens is 1. The number of piperazine rings is 1. The zero-order valence-corrected chi connectivity index (χ0v) is 19.7. The maximum Gasteiger partial charge on any atom is 0.270 e. The Morgan fingerprint density at radius 2 is 1.87 bits per heavy atom. The summed E-state index contributed by atoms with van der Waals surface area (Å²) in [5.41, 5.74) is 1.14. The summed E-state index contributed by atoms with van der Waals surface area (Å²) >= 11 is 6.67. The summed E-state index contributed by atoms with van der Waals surface area (Å²) in [5.74, 6) is 0.621. The minimum Gasteiger partial charge on any atom is -0.355 e. The van der Waals surface area contributed by atoms with Crippen molar-refractivity contribution in [2.75, 3.05) is 37.6 Å². The highest BCUT2D eigenvalue weighted by atomic mass is 32.2. The van der Waals surface area contributed by atoms with Crippen LogP contribution in [0.5, 0.6) is 0 Å². The van der Waals surface area contributed by atoms with E-state index in [1.165, 1.54) is 11.8 Å². The Morgan fingerprint density at radius 3 is 2.37 bits per heavy atom. The first-order valence-electron chi connectivity index (χ1n) is 10.1. The van der Waals surface area contributed by atoms with Gasteiger partial charge in [0.15, 0.2) is 0 Å². The van der Waals surface area contributed by atoms with Crippen molar-refractivity contribution in [3.63, 3.8) is 0 Å². The van der Waals surface area contributed by atoms with E-state index in [0.717, 1.165) is 44.1 Å². The van der Waals surface area contributed by atoms with E-state index in [9.17, 15) is 14.9 Å². The first kappa shape index (κ1) is 22.5. The number of thiocarbonyl (C=S) groups is 1. The van der Waals surface area contributed by atoms with Crippen LogP contribution in [0.15, 0.2) is 9.70 Å². The first-order chi connectivity index (χ1) is 14.2. The summed E-state index contributed by atoms with van der Waals surface area (Å²) in [6.07, 6.45) is 1.80. The van der Waals surface area contributed by atoms with Gasteiger partial charge in [0.1, 0.15) is 21.8 Å². The van der Waals surface area contributed by atoms with Crippen molar-refractivity contribution in [1.82, 2.24) is 14.4 Å². The van der Waals surface area contributed by atoms with Gasteiger partial charge in [-0.05, 0) is 39.0 Å². The molecule has 30 heavy (non-hydrogen) atoms. The molecule has 3 heterocycles. The second-order valence-corrected chi connectivity index (χ2v) is 9.46. The van der Waals surface area contributed by atoms with Crippen LogP contribution in [0.2, 0.25) is 0 Å². The number of pyridine rings is 1. The SMILES string of the molecule is CCN1CCN(c2c(/C=C3\SC(=S)N(C(C)C)C3=O)c(C)c(C#N)c(=O)n2C)CC1. The Kier molecular flexibility index (Phi) is 6.70. The van der Waals surface area contributed by atoms with E-state index in [1.807, 2.05) is 19.9 Å². The summed E-state index contributed by atoms with van der Waals surface area (Å²) in [6, 6.07) is 2.02. The zero-order valence-electron chi connectivity index (χ0n) is 18.1. The number of anilines is 1. The lowest BCUT2D eigenvalue weighted by Crippen LogP contribution is -2.48. The fraction of sp³-hybridized carbons (Fsp3) is 0.524. The standard InChI is InChI=1S/C21H27N5O2S2/c1-6-24-7-9-25(10-8-24)18-15(14(4)16(12-22)19(27)23(18)5)11-17-20(28)26(13(2)3)21(29)30-17/h11,13H,6-10H2,1-5H3/b17-11-. The van der Waals surface area contributed by atoms with Gasteiger partial charge in [0.05, 0.1) is 4.91 Å². The maximum absolute atomic E-state index is 12.9. The van der Waals surface area contributed by atoms with Gasteiger partial charge in [0, 0.05) is 44.8 Å². The van der Waals surface area contributed by atoms with Gasteiger partial charge in [-0.2, -0.15) is 5.26 Å². The predicted molar refractivity (Wildman–Crippen MR) is 126 cm³/mol. The van der Waals surface area contributed by atoms with E-state index in [2.05, 4.69) is 16.7 Å². The molecule has 2 aliphatic rings. The first-order valence-corrected chi connectivity index (χ1v) is 11.3. The van der Waals surface area contributed by atoms with Crippen LogP contribution in [0, 0.1) is 18.3 Å². The van der Waals surface area contributed by atoms with Gasteiger partial charge in [0.25, 0.3) is 11.5 Å². The highest BCUT2D eigenvalue weighted by Crippen LogP contribution is 2.36. The molecule has 0 bridgehead atoms. The lowest BCUT2D eigenvalue weighted by atomic mass is 10.0. The smallest absolute Gasteiger partial charge is 0.270 e. The van der Waals surface area contributed by atoms with Crippen LogP contribution >= 0.6 is 24.0 Å². The molecule has 160 valence electrons. The maximum atomic E-state index is 12.9. The molecule has 2 fully saturated rings. The van der Waals surface area contributed by atoms with Gasteiger partial charge in [-0.25, -0.2) is 0 Å². The van der Waals surface area contributed by atoms with Crippen LogP contribution < -0.4 is 10.5 Å². The number of nitrogens with zero attached hydrogens (tertiary/aromatic N) is 5. The van der Waals surface area contributed by atoms with Crippen LogP contribution in [0.4, 0.5) is 5.82 Å². The molecule has 2 aliphatic heterocycles. The van der Waals surface area contributed by atoms with Crippen molar-refractivity contribution in [2.24, 2.45) is 7.05 Å². The summed E-state index contributed by atoms with van der Waals surface area (Å²) in [7, 11) is 1.70. The minimum absolute atomic E-state index is 0.0270. The molecule has 1 aromatic heterocycles. The number of likely N-dealkylation sites (N-methyl/N-ethyl adjacent to an activating group) is 1. The van der Waals surface area contributed by atoms with Crippen molar-refractivity contribution < 1.29 is 4.79 Å². The van der Waals surface area contributed by atoms with Gasteiger partial charge >= 0.3 is 0 Å². The van der Waals surface area contributed by atoms with Crippen molar-refractivity contribution in [3.05, 3.63) is 31.9 Å². The molecule has 0 N–H and O–H groups in total. The fourth-order valence-electron chi connectivity index (χ4n) is 3.93. The Balaban J connectivity index is 2.15. The summed E-state index contributed by atoms with van der Waals surface area (Å²) in [6.45, 7) is 12.1. The van der Waals surface area contributed by atoms with E-state index in [4.69, 9.17) is 12.2 Å². The molecule has 0 unspecified atom stereocenters. The molecule has 0 radical (unpaired) electrons. The molecule has 9 heteroatoms. The lowest BCUT2D eigenvalue weighted by Gasteiger charge is -2.37. The van der Waals surface area contributed by atoms with Crippen molar-refractivity contribution in [2.45, 2.75) is 33.7 Å². The molecule has 0 atom stereocenters. The molecular formula is C21H27N5O2S2. The summed E-state index contributed by atoms with van der Waals surface area (Å²) in [4.78, 5) is 32.4. The monoisotopic (exact) mass is 445 g/mol. The highest BCUT2D eigenvalue weighted by Gasteiger charge is 2.34. The van der Waals surface area contributed by atoms with Crippen LogP contribution in [0.1, 0.15) is 37.5 Å². The molecule has 0 aliphatic carbocycles. The van der Waals surface area contributed by atoms with E-state index in [0.29, 0.717) is 14.8 Å². The second kappa shape index (κ2) is 8.92. The number of hydrogen-bond donors (Lipinski definition) is 0. The average Bonchev–Trinajstić information content (AvgIpc) is 3.00. The lowest BCUT2D eigenvalue weighted by molar-refractivity contribution is -0.123. The number of rotatable bonds is 4. The number of thioether (sulfide) groups is 1. The molecular weight excluding hydrogens is 418 g/mol. The van der Waals surface area contributed by atoms with Gasteiger partial charge in [-0.3, -0.25) is 19.1 Å². The van der Waals surface area contributed by atoms with E-state index in [-0.39, 0.29) is 23.1 Å². The molecule has 0 saturated carbocycles. The Bertz CT molecular complexity index is 1010. The van der Waals surface area contributed by atoms with E-state index < -0.39 is 0 Å². The molecule has 2 saturated heterocycles. The van der Waals surface area contributed by atoms with Crippen molar-refractivity contribution in [3.8, 4) is 6.07 Å². The van der Waals surface area contributed by atoms with Crippen LogP contribution in [-0.2, 0) is 11.8 Å². The number of amides is 1.